The Hall–Kier alpha value is -3.80. The fourth-order valence-corrected chi connectivity index (χ4v) is 5.56. The van der Waals surface area contributed by atoms with Crippen LogP contribution in [-0.2, 0) is 47.9 Å². The fourth-order valence-electron chi connectivity index (χ4n) is 5.56. The van der Waals surface area contributed by atoms with Crippen molar-refractivity contribution in [2.75, 3.05) is 39.5 Å². The van der Waals surface area contributed by atoms with E-state index in [0.717, 1.165) is 35.2 Å². The summed E-state index contributed by atoms with van der Waals surface area (Å²) in [5.41, 5.74) is 2.99. The summed E-state index contributed by atoms with van der Waals surface area (Å²) in [6, 6.07) is 6.79. The molecule has 43 heavy (non-hydrogen) atoms. The van der Waals surface area contributed by atoms with Gasteiger partial charge in [-0.3, -0.25) is 24.1 Å². The van der Waals surface area contributed by atoms with Gasteiger partial charge in [0.05, 0.1) is 32.4 Å². The fraction of sp³-hybridized carbons (Fsp3) is 0.500. The van der Waals surface area contributed by atoms with E-state index >= 15 is 0 Å². The monoisotopic (exact) mass is 591 g/mol. The van der Waals surface area contributed by atoms with Gasteiger partial charge in [0.15, 0.2) is 5.78 Å². The number of carbonyl (C=O) groups excluding carboxylic acids is 4. The molecule has 1 aliphatic carbocycles. The third-order valence-corrected chi connectivity index (χ3v) is 8.27. The second-order valence-corrected chi connectivity index (χ2v) is 11.7. The van der Waals surface area contributed by atoms with Crippen LogP contribution in [-0.4, -0.2) is 96.6 Å². The number of rotatable bonds is 13. The highest BCUT2D eigenvalue weighted by molar-refractivity contribution is 5.98. The molecule has 1 aromatic carbocycles. The molecule has 230 valence electrons. The van der Waals surface area contributed by atoms with E-state index in [1.165, 1.54) is 0 Å². The Kier molecular flexibility index (Phi) is 9.74. The molecule has 1 aromatic heterocycles. The summed E-state index contributed by atoms with van der Waals surface area (Å²) < 4.78 is 10.8. The predicted molar refractivity (Wildman–Crippen MR) is 160 cm³/mol. The second kappa shape index (κ2) is 13.7. The van der Waals surface area contributed by atoms with Crippen LogP contribution in [0.4, 0.5) is 0 Å². The van der Waals surface area contributed by atoms with Gasteiger partial charge >= 0.3 is 0 Å². The van der Waals surface area contributed by atoms with Gasteiger partial charge in [-0.25, -0.2) is 0 Å². The summed E-state index contributed by atoms with van der Waals surface area (Å²) in [5, 5.41) is 8.54. The average Bonchev–Trinajstić information content (AvgIpc) is 3.64. The number of nitrogens with zero attached hydrogens (tertiary/aromatic N) is 1. The molecule has 11 heteroatoms. The van der Waals surface area contributed by atoms with Crippen LogP contribution in [0.5, 0.6) is 0 Å². The molecule has 4 N–H and O–H groups in total. The SMILES string of the molecule is C[C@@H](NC(=O)CN1CCOCC1)C(=O)N[C@@H](Cc1c[nH]c2c1CCC=C2)C(=O)N[C@@H](Cc1ccccc1)C(=O)[C@@]1(C)CO1. The van der Waals surface area contributed by atoms with Gasteiger partial charge in [0.1, 0.15) is 17.7 Å². The zero-order valence-electron chi connectivity index (χ0n) is 24.8. The Balaban J connectivity index is 1.30. The number of carbonyl (C=O) groups is 4. The van der Waals surface area contributed by atoms with Crippen LogP contribution in [0.2, 0.25) is 0 Å². The number of aromatic nitrogens is 1. The average molecular weight is 592 g/mol. The number of allylic oxidation sites excluding steroid dienone is 1. The first-order chi connectivity index (χ1) is 20.7. The third-order valence-electron chi connectivity index (χ3n) is 8.27. The number of hydrogen-bond donors (Lipinski definition) is 4. The topological polar surface area (TPSA) is 145 Å². The summed E-state index contributed by atoms with van der Waals surface area (Å²) in [7, 11) is 0. The molecule has 5 rings (SSSR count). The minimum absolute atomic E-state index is 0.165. The Morgan fingerprint density at radius 2 is 1.72 bits per heavy atom. The van der Waals surface area contributed by atoms with E-state index in [1.807, 2.05) is 47.5 Å². The summed E-state index contributed by atoms with van der Waals surface area (Å²) >= 11 is 0. The quantitative estimate of drug-likeness (QED) is 0.254. The molecule has 0 unspecified atom stereocenters. The van der Waals surface area contributed by atoms with E-state index in [4.69, 9.17) is 9.47 Å². The molecule has 3 amide bonds. The maximum absolute atomic E-state index is 13.9. The number of benzene rings is 1. The van der Waals surface area contributed by atoms with Crippen molar-refractivity contribution >= 4 is 29.6 Å². The lowest BCUT2D eigenvalue weighted by Crippen LogP contribution is -2.57. The van der Waals surface area contributed by atoms with Gasteiger partial charge in [0, 0.05) is 31.4 Å². The van der Waals surface area contributed by atoms with Gasteiger partial charge in [-0.15, -0.1) is 0 Å². The first kappa shape index (κ1) is 30.7. The Morgan fingerprint density at radius 3 is 2.44 bits per heavy atom. The predicted octanol–water partition coefficient (Wildman–Crippen LogP) is 0.924. The van der Waals surface area contributed by atoms with E-state index in [2.05, 4.69) is 27.0 Å². The van der Waals surface area contributed by atoms with Gasteiger partial charge in [-0.1, -0.05) is 36.4 Å². The normalized spacial score (nSPS) is 21.6. The van der Waals surface area contributed by atoms with Crippen molar-refractivity contribution in [1.82, 2.24) is 25.8 Å². The number of amides is 3. The number of nitrogens with one attached hydrogen (secondary N) is 4. The molecule has 2 saturated heterocycles. The molecule has 2 aromatic rings. The molecule has 3 heterocycles. The molecular weight excluding hydrogens is 550 g/mol. The van der Waals surface area contributed by atoms with Crippen molar-refractivity contribution < 1.29 is 28.7 Å². The highest BCUT2D eigenvalue weighted by atomic mass is 16.6. The maximum atomic E-state index is 13.9. The van der Waals surface area contributed by atoms with Gasteiger partial charge in [-0.05, 0) is 55.9 Å². The molecule has 4 atom stereocenters. The van der Waals surface area contributed by atoms with Gasteiger partial charge < -0.3 is 30.4 Å². The van der Waals surface area contributed by atoms with E-state index in [-0.39, 0.29) is 24.7 Å². The lowest BCUT2D eigenvalue weighted by molar-refractivity contribution is -0.134. The number of aromatic amines is 1. The van der Waals surface area contributed by atoms with Crippen LogP contribution < -0.4 is 16.0 Å². The van der Waals surface area contributed by atoms with Crippen LogP contribution in [0.3, 0.4) is 0 Å². The number of ether oxygens (including phenoxy) is 2. The zero-order valence-corrected chi connectivity index (χ0v) is 24.8. The number of morpholine rings is 1. The van der Waals surface area contributed by atoms with Crippen LogP contribution in [0, 0.1) is 0 Å². The summed E-state index contributed by atoms with van der Waals surface area (Å²) in [5.74, 6) is -1.44. The molecular formula is C32H41N5O6. The summed E-state index contributed by atoms with van der Waals surface area (Å²) in [6.07, 6.45) is 8.22. The van der Waals surface area contributed by atoms with E-state index in [0.29, 0.717) is 39.3 Å². The van der Waals surface area contributed by atoms with Gasteiger partial charge in [0.2, 0.25) is 17.7 Å². The van der Waals surface area contributed by atoms with Crippen LogP contribution in [0.1, 0.15) is 42.7 Å². The van der Waals surface area contributed by atoms with Crippen LogP contribution >= 0.6 is 0 Å². The second-order valence-electron chi connectivity index (χ2n) is 11.7. The van der Waals surface area contributed by atoms with Crippen molar-refractivity contribution in [2.45, 2.75) is 63.3 Å². The lowest BCUT2D eigenvalue weighted by Gasteiger charge is -2.27. The number of Topliss-reactive ketones (excluding diaryl/α,β-unsaturated/α-hetero) is 1. The number of ketones is 1. The zero-order chi connectivity index (χ0) is 30.4. The summed E-state index contributed by atoms with van der Waals surface area (Å²) in [6.45, 7) is 6.22. The molecule has 2 fully saturated rings. The third kappa shape index (κ3) is 7.98. The van der Waals surface area contributed by atoms with E-state index in [1.54, 1.807) is 13.8 Å². The van der Waals surface area contributed by atoms with Crippen LogP contribution in [0.15, 0.2) is 42.6 Å². The maximum Gasteiger partial charge on any atom is 0.243 e. The standard InChI is InChI=1S/C32H41N5O6/c1-21(34-28(38)19-37-12-14-42-15-13-37)30(40)36-27(17-23-18-33-25-11-7-6-10-24(23)25)31(41)35-26(29(39)32(2)20-43-32)16-22-8-4-3-5-9-22/h3-5,7-9,11,18,21,26-27,33H,6,10,12-17,19-20H2,1-2H3,(H,34,38)(H,35,41)(H,36,40)/t21-,26+,27+,32-/m1/s1. The molecule has 11 nitrogen and oxygen atoms in total. The molecule has 2 aliphatic heterocycles. The number of hydrogen-bond acceptors (Lipinski definition) is 7. The minimum atomic E-state index is -0.976. The van der Waals surface area contributed by atoms with Gasteiger partial charge in [0.25, 0.3) is 0 Å². The summed E-state index contributed by atoms with van der Waals surface area (Å²) in [4.78, 5) is 58.5. The Labute approximate surface area is 251 Å². The molecule has 3 aliphatic rings. The minimum Gasteiger partial charge on any atom is -0.379 e. The lowest BCUT2D eigenvalue weighted by atomic mass is 9.93. The van der Waals surface area contributed by atoms with Crippen LogP contribution in [0.25, 0.3) is 6.08 Å². The van der Waals surface area contributed by atoms with Crippen molar-refractivity contribution in [3.63, 3.8) is 0 Å². The highest BCUT2D eigenvalue weighted by Crippen LogP contribution is 2.29. The van der Waals surface area contributed by atoms with Crippen molar-refractivity contribution in [3.05, 3.63) is 65.0 Å². The number of fused-ring (bicyclic) bond motifs is 1. The molecule has 0 saturated carbocycles. The Morgan fingerprint density at radius 1 is 1.00 bits per heavy atom. The van der Waals surface area contributed by atoms with Crippen molar-refractivity contribution in [1.29, 1.82) is 0 Å². The van der Waals surface area contributed by atoms with Crippen molar-refractivity contribution in [3.8, 4) is 0 Å². The molecule has 0 bridgehead atoms. The van der Waals surface area contributed by atoms with E-state index < -0.39 is 35.5 Å². The first-order valence-corrected chi connectivity index (χ1v) is 15.0. The largest absolute Gasteiger partial charge is 0.379 e. The highest BCUT2D eigenvalue weighted by Gasteiger charge is 2.50. The smallest absolute Gasteiger partial charge is 0.243 e. The molecule has 0 radical (unpaired) electrons. The number of H-pyrrole nitrogens is 1. The van der Waals surface area contributed by atoms with E-state index in [9.17, 15) is 19.2 Å². The van der Waals surface area contributed by atoms with Gasteiger partial charge in [-0.2, -0.15) is 0 Å². The Bertz CT molecular complexity index is 1350. The first-order valence-electron chi connectivity index (χ1n) is 15.0. The van der Waals surface area contributed by atoms with Crippen molar-refractivity contribution in [2.24, 2.45) is 0 Å². The molecule has 0 spiro atoms. The number of epoxide rings is 1.